The number of Topliss-reactive ketones (excluding diaryl/α,β-unsaturated/α-hetero) is 1. The predicted octanol–water partition coefficient (Wildman–Crippen LogP) is 9.52. The molecule has 1 rings (SSSR count). The van der Waals surface area contributed by atoms with E-state index in [0.717, 1.165) is 38.5 Å². The van der Waals surface area contributed by atoms with Crippen molar-refractivity contribution >= 4 is 25.5 Å². The zero-order valence-corrected chi connectivity index (χ0v) is 36.9. The highest BCUT2D eigenvalue weighted by molar-refractivity contribution is 7.46. The number of aliphatic hydroxyl groups excluding tert-OH is 3. The zero-order chi connectivity index (χ0) is 42.9. The Morgan fingerprint density at radius 3 is 1.79 bits per heavy atom. The largest absolute Gasteiger partial charge is 0.469 e. The third-order valence-corrected chi connectivity index (χ3v) is 11.4. The number of carbonyl (C=O) groups is 3. The van der Waals surface area contributed by atoms with E-state index in [1.807, 2.05) is 0 Å². The van der Waals surface area contributed by atoms with Crippen molar-refractivity contribution < 1.29 is 58.1 Å². The van der Waals surface area contributed by atoms with E-state index >= 15 is 0 Å². The SMILES string of the molecule is CCCCCCCC/C=C\CCCCCCCCCCCC(=O)OC[C@H](COP(=O)(O)O)OC(=O)CCCCC(=O)C[C@@H]1[C@@H](/C=C/[C@@H](O)CCCCC)[C@H](O)C[C@@H]1O. The van der Waals surface area contributed by atoms with Crippen LogP contribution in [-0.4, -0.2) is 80.5 Å². The third-order valence-electron chi connectivity index (χ3n) is 10.9. The standard InChI is InChI=1S/C45H81O12P/c1-3-5-7-8-9-10-11-12-13-14-15-16-17-18-19-20-21-22-24-29-44(50)55-35-39(36-56-58(52,53)54)57-45(51)30-26-25-28-38(47)33-41-40(42(48)34-43(41)49)32-31-37(46)27-23-6-4-2/h12-13,31-32,37,39-43,46,48-49H,3-11,14-30,33-36H2,1-2H3,(H2,52,53,54)/b13-12-,32-31+/t37-,39+,40+,41+,42+,43-/m0/s1. The van der Waals surface area contributed by atoms with Crippen molar-refractivity contribution in [3.05, 3.63) is 24.3 Å². The number of phosphoric ester groups is 1. The van der Waals surface area contributed by atoms with Gasteiger partial charge in [0.15, 0.2) is 6.10 Å². The monoisotopic (exact) mass is 845 g/mol. The smallest absolute Gasteiger partial charge is 0.462 e. The fraction of sp³-hybridized carbons (Fsp3) is 0.844. The molecule has 58 heavy (non-hydrogen) atoms. The molecule has 0 saturated heterocycles. The highest BCUT2D eigenvalue weighted by Gasteiger charge is 2.41. The minimum Gasteiger partial charge on any atom is -0.462 e. The number of aliphatic hydroxyl groups is 3. The van der Waals surface area contributed by atoms with Gasteiger partial charge in [-0.2, -0.15) is 0 Å². The van der Waals surface area contributed by atoms with E-state index in [4.69, 9.17) is 19.3 Å². The number of rotatable bonds is 38. The first-order valence-electron chi connectivity index (χ1n) is 22.8. The Balaban J connectivity index is 2.25. The minimum atomic E-state index is -4.86. The highest BCUT2D eigenvalue weighted by Crippen LogP contribution is 2.37. The summed E-state index contributed by atoms with van der Waals surface area (Å²) < 4.78 is 26.4. The molecule has 1 saturated carbocycles. The molecular weight excluding hydrogens is 763 g/mol. The predicted molar refractivity (Wildman–Crippen MR) is 228 cm³/mol. The quantitative estimate of drug-likeness (QED) is 0.0171. The Kier molecular flexibility index (Phi) is 32.4. The van der Waals surface area contributed by atoms with Crippen LogP contribution in [0.5, 0.6) is 0 Å². The number of hydrogen-bond donors (Lipinski definition) is 5. The van der Waals surface area contributed by atoms with Crippen molar-refractivity contribution in [2.75, 3.05) is 13.2 Å². The highest BCUT2D eigenvalue weighted by atomic mass is 31.2. The second kappa shape index (κ2) is 34.8. The molecule has 338 valence electrons. The van der Waals surface area contributed by atoms with Gasteiger partial charge in [-0.1, -0.05) is 134 Å². The first kappa shape index (κ1) is 54.1. The average molecular weight is 845 g/mol. The number of ether oxygens (including phenoxy) is 2. The van der Waals surface area contributed by atoms with Gasteiger partial charge in [-0.3, -0.25) is 18.9 Å². The van der Waals surface area contributed by atoms with Gasteiger partial charge in [0.25, 0.3) is 0 Å². The topological polar surface area (TPSA) is 197 Å². The van der Waals surface area contributed by atoms with Crippen molar-refractivity contribution in [2.24, 2.45) is 11.8 Å². The van der Waals surface area contributed by atoms with E-state index in [2.05, 4.69) is 30.5 Å². The summed E-state index contributed by atoms with van der Waals surface area (Å²) in [6.45, 7) is 3.27. The summed E-state index contributed by atoms with van der Waals surface area (Å²) in [4.78, 5) is 56.0. The van der Waals surface area contributed by atoms with Crippen LogP contribution in [0.15, 0.2) is 24.3 Å². The number of carbonyl (C=O) groups excluding carboxylic acids is 3. The van der Waals surface area contributed by atoms with Gasteiger partial charge in [0.05, 0.1) is 24.9 Å². The fourth-order valence-electron chi connectivity index (χ4n) is 7.42. The molecule has 0 unspecified atom stereocenters. The maximum atomic E-state index is 12.8. The Morgan fingerprint density at radius 2 is 1.19 bits per heavy atom. The lowest BCUT2D eigenvalue weighted by atomic mass is 9.87. The molecule has 5 N–H and O–H groups in total. The fourth-order valence-corrected chi connectivity index (χ4v) is 7.78. The van der Waals surface area contributed by atoms with Crippen LogP contribution >= 0.6 is 7.82 Å². The summed E-state index contributed by atoms with van der Waals surface area (Å²) in [7, 11) is -4.86. The van der Waals surface area contributed by atoms with Crippen LogP contribution < -0.4 is 0 Å². The van der Waals surface area contributed by atoms with E-state index in [9.17, 15) is 34.3 Å². The maximum Gasteiger partial charge on any atom is 0.469 e. The van der Waals surface area contributed by atoms with Gasteiger partial charge in [0, 0.05) is 43.9 Å². The van der Waals surface area contributed by atoms with Crippen molar-refractivity contribution in [1.82, 2.24) is 0 Å². The van der Waals surface area contributed by atoms with Crippen molar-refractivity contribution in [2.45, 2.75) is 218 Å². The molecule has 0 aromatic heterocycles. The van der Waals surface area contributed by atoms with Gasteiger partial charge in [-0.25, -0.2) is 4.57 Å². The lowest BCUT2D eigenvalue weighted by Gasteiger charge is -2.20. The molecule has 1 aliphatic carbocycles. The Morgan fingerprint density at radius 1 is 0.672 bits per heavy atom. The summed E-state index contributed by atoms with van der Waals surface area (Å²) in [6, 6.07) is 0. The second-order valence-corrected chi connectivity index (χ2v) is 17.6. The van der Waals surface area contributed by atoms with Gasteiger partial charge < -0.3 is 34.6 Å². The molecule has 0 heterocycles. The van der Waals surface area contributed by atoms with Crippen molar-refractivity contribution in [3.8, 4) is 0 Å². The van der Waals surface area contributed by atoms with Crippen LogP contribution in [0.1, 0.15) is 194 Å². The normalized spacial score (nSPS) is 19.6. The van der Waals surface area contributed by atoms with Crippen LogP contribution in [0.25, 0.3) is 0 Å². The van der Waals surface area contributed by atoms with Crippen LogP contribution in [0.2, 0.25) is 0 Å². The molecule has 12 nitrogen and oxygen atoms in total. The van der Waals surface area contributed by atoms with E-state index in [0.29, 0.717) is 25.7 Å². The number of unbranched alkanes of at least 4 members (excludes halogenated alkanes) is 18. The number of ketones is 1. The molecule has 1 aliphatic rings. The summed E-state index contributed by atoms with van der Waals surface area (Å²) in [5.41, 5.74) is 0. The van der Waals surface area contributed by atoms with E-state index in [1.54, 1.807) is 12.2 Å². The Labute approximate surface area is 350 Å². The third kappa shape index (κ3) is 30.2. The van der Waals surface area contributed by atoms with Crippen LogP contribution in [-0.2, 0) is 32.9 Å². The molecule has 0 spiro atoms. The van der Waals surface area contributed by atoms with Crippen molar-refractivity contribution in [1.29, 1.82) is 0 Å². The maximum absolute atomic E-state index is 12.8. The average Bonchev–Trinajstić information content (AvgIpc) is 3.44. The van der Waals surface area contributed by atoms with Gasteiger partial charge in [-0.05, 0) is 51.4 Å². The summed E-state index contributed by atoms with van der Waals surface area (Å²) in [6.07, 6.45) is 29.6. The van der Waals surface area contributed by atoms with E-state index < -0.39 is 69.2 Å². The molecule has 0 aromatic rings. The molecule has 0 radical (unpaired) electrons. The number of esters is 2. The van der Waals surface area contributed by atoms with Crippen LogP contribution in [0.3, 0.4) is 0 Å². The minimum absolute atomic E-state index is 0.0641. The zero-order valence-electron chi connectivity index (χ0n) is 36.0. The molecule has 0 aromatic carbocycles. The Bertz CT molecular complexity index is 1170. The van der Waals surface area contributed by atoms with Gasteiger partial charge >= 0.3 is 19.8 Å². The Hall–Kier alpha value is -1.92. The van der Waals surface area contributed by atoms with Gasteiger partial charge in [-0.15, -0.1) is 0 Å². The van der Waals surface area contributed by atoms with Gasteiger partial charge in [0.1, 0.15) is 12.4 Å². The molecule has 0 bridgehead atoms. The first-order valence-corrected chi connectivity index (χ1v) is 24.3. The summed E-state index contributed by atoms with van der Waals surface area (Å²) in [5.74, 6) is -2.20. The molecule has 0 amide bonds. The van der Waals surface area contributed by atoms with E-state index in [-0.39, 0.29) is 37.9 Å². The number of hydrogen-bond acceptors (Lipinski definition) is 10. The second-order valence-electron chi connectivity index (χ2n) is 16.3. The van der Waals surface area contributed by atoms with Crippen LogP contribution in [0, 0.1) is 11.8 Å². The molecule has 13 heteroatoms. The number of phosphoric acid groups is 1. The van der Waals surface area contributed by atoms with Gasteiger partial charge in [0.2, 0.25) is 0 Å². The number of allylic oxidation sites excluding steroid dienone is 2. The first-order chi connectivity index (χ1) is 27.9. The molecule has 6 atom stereocenters. The van der Waals surface area contributed by atoms with Crippen molar-refractivity contribution in [3.63, 3.8) is 0 Å². The molecular formula is C45H81O12P. The molecule has 1 fully saturated rings. The molecule has 0 aliphatic heterocycles. The van der Waals surface area contributed by atoms with Crippen LogP contribution in [0.4, 0.5) is 0 Å². The van der Waals surface area contributed by atoms with E-state index in [1.165, 1.54) is 83.5 Å². The lowest BCUT2D eigenvalue weighted by Crippen LogP contribution is -2.29. The summed E-state index contributed by atoms with van der Waals surface area (Å²) >= 11 is 0. The summed E-state index contributed by atoms with van der Waals surface area (Å²) in [5, 5.41) is 31.2. The lowest BCUT2D eigenvalue weighted by molar-refractivity contribution is -0.161.